The van der Waals surface area contributed by atoms with E-state index >= 15 is 0 Å². The molecule has 4 nitrogen and oxygen atoms in total. The van der Waals surface area contributed by atoms with Crippen LogP contribution in [-0.4, -0.2) is 17.4 Å². The molecule has 0 spiro atoms. The van der Waals surface area contributed by atoms with Crippen LogP contribution in [0.1, 0.15) is 74.0 Å². The Hall–Kier alpha value is -5.09. The summed E-state index contributed by atoms with van der Waals surface area (Å²) in [6, 6.07) is 36.7. The van der Waals surface area contributed by atoms with Crippen LogP contribution in [0.15, 0.2) is 142 Å². The monoisotopic (exact) mass is 598 g/mol. The largest absolute Gasteiger partial charge is 0.344 e. The van der Waals surface area contributed by atoms with Gasteiger partial charge in [0.25, 0.3) is 0 Å². The number of amidine groups is 2. The zero-order chi connectivity index (χ0) is 31.3. The van der Waals surface area contributed by atoms with Gasteiger partial charge in [0.05, 0.1) is 5.70 Å². The van der Waals surface area contributed by atoms with Crippen LogP contribution in [0.2, 0.25) is 0 Å². The van der Waals surface area contributed by atoms with E-state index in [1.165, 1.54) is 44.7 Å². The molecule has 4 aromatic rings. The lowest BCUT2D eigenvalue weighted by Crippen LogP contribution is -2.36. The lowest BCUT2D eigenvalue weighted by molar-refractivity contribution is 0.411. The van der Waals surface area contributed by atoms with Gasteiger partial charge < -0.3 is 5.32 Å². The summed E-state index contributed by atoms with van der Waals surface area (Å²) in [4.78, 5) is 15.1. The van der Waals surface area contributed by atoms with Gasteiger partial charge in [-0.3, -0.25) is 4.99 Å². The topological polar surface area (TPSA) is 49.1 Å². The maximum atomic E-state index is 5.13. The van der Waals surface area contributed by atoms with E-state index in [4.69, 9.17) is 15.0 Å². The number of aliphatic imine (C=N–C) groups is 3. The second kappa shape index (κ2) is 11.4. The van der Waals surface area contributed by atoms with Crippen molar-refractivity contribution >= 4 is 28.7 Å². The van der Waals surface area contributed by atoms with Gasteiger partial charge in [0.2, 0.25) is 0 Å². The summed E-state index contributed by atoms with van der Waals surface area (Å²) in [6.07, 6.45) is 9.62. The normalized spacial score (nSPS) is 21.4. The number of fused-ring (bicyclic) bond motifs is 3. The first-order chi connectivity index (χ1) is 22.4. The highest BCUT2D eigenvalue weighted by Crippen LogP contribution is 2.53. The molecule has 0 radical (unpaired) electrons. The number of nitrogens with one attached hydrogen (secondary N) is 1. The van der Waals surface area contributed by atoms with Crippen molar-refractivity contribution in [3.63, 3.8) is 0 Å². The van der Waals surface area contributed by atoms with Crippen LogP contribution in [0, 0.1) is 5.92 Å². The van der Waals surface area contributed by atoms with Crippen molar-refractivity contribution in [3.8, 4) is 11.1 Å². The minimum absolute atomic E-state index is 0.0543. The molecule has 0 fully saturated rings. The smallest absolute Gasteiger partial charge is 0.159 e. The van der Waals surface area contributed by atoms with E-state index in [0.29, 0.717) is 5.92 Å². The average Bonchev–Trinajstić information content (AvgIpc) is 3.34. The first-order valence-corrected chi connectivity index (χ1v) is 16.4. The molecule has 1 N–H and O–H groups in total. The number of rotatable bonds is 5. The summed E-state index contributed by atoms with van der Waals surface area (Å²) in [5.41, 5.74) is 13.5. The van der Waals surface area contributed by atoms with Gasteiger partial charge >= 0.3 is 0 Å². The molecular weight excluding hydrogens is 560 g/mol. The summed E-state index contributed by atoms with van der Waals surface area (Å²) in [7, 11) is 0. The van der Waals surface area contributed by atoms with Gasteiger partial charge in [-0.25, -0.2) is 9.98 Å². The molecule has 2 atom stereocenters. The maximum absolute atomic E-state index is 5.13. The van der Waals surface area contributed by atoms with E-state index in [-0.39, 0.29) is 11.6 Å². The first-order valence-electron chi connectivity index (χ1n) is 16.4. The Morgan fingerprint density at radius 2 is 1.50 bits per heavy atom. The predicted molar refractivity (Wildman–Crippen MR) is 192 cm³/mol. The van der Waals surface area contributed by atoms with Gasteiger partial charge in [-0.1, -0.05) is 129 Å². The van der Waals surface area contributed by atoms with Crippen LogP contribution in [0.5, 0.6) is 0 Å². The van der Waals surface area contributed by atoms with E-state index in [1.54, 1.807) is 0 Å². The number of benzene rings is 4. The van der Waals surface area contributed by atoms with Crippen LogP contribution in [0.4, 0.5) is 0 Å². The number of allylic oxidation sites excluding steroid dienone is 4. The quantitative estimate of drug-likeness (QED) is 0.244. The first kappa shape index (κ1) is 28.4. The fourth-order valence-electron chi connectivity index (χ4n) is 7.41. The Labute approximate surface area is 271 Å². The number of hydrogen-bond donors (Lipinski definition) is 1. The van der Waals surface area contributed by atoms with Crippen molar-refractivity contribution in [2.24, 2.45) is 20.9 Å². The van der Waals surface area contributed by atoms with E-state index in [2.05, 4.69) is 141 Å². The van der Waals surface area contributed by atoms with Crippen molar-refractivity contribution in [3.05, 3.63) is 155 Å². The van der Waals surface area contributed by atoms with Gasteiger partial charge in [-0.05, 0) is 82.5 Å². The molecule has 226 valence electrons. The second-order valence-electron chi connectivity index (χ2n) is 13.3. The lowest BCUT2D eigenvalue weighted by Gasteiger charge is -2.33. The highest BCUT2D eigenvalue weighted by molar-refractivity contribution is 6.13. The SMILES string of the molecule is CC1=NC(c2cccc(-c3ccc(C4N=C(c5ccccc5)N=C(C5=CC=C6c7ccccc7C(C)(C)C6C5)N4)cc3)c2)=CCC1. The van der Waals surface area contributed by atoms with Crippen molar-refractivity contribution in [1.29, 1.82) is 0 Å². The molecule has 2 aliphatic heterocycles. The summed E-state index contributed by atoms with van der Waals surface area (Å²) in [5, 5.41) is 3.73. The van der Waals surface area contributed by atoms with Crippen LogP contribution in [0.25, 0.3) is 22.4 Å². The maximum Gasteiger partial charge on any atom is 0.159 e. The summed E-state index contributed by atoms with van der Waals surface area (Å²) in [5.74, 6) is 2.08. The third-order valence-corrected chi connectivity index (χ3v) is 10.0. The molecule has 0 saturated carbocycles. The Morgan fingerprint density at radius 3 is 2.33 bits per heavy atom. The second-order valence-corrected chi connectivity index (χ2v) is 13.3. The van der Waals surface area contributed by atoms with Crippen LogP contribution < -0.4 is 5.32 Å². The van der Waals surface area contributed by atoms with Gasteiger partial charge in [-0.2, -0.15) is 0 Å². The van der Waals surface area contributed by atoms with Gasteiger partial charge in [0.15, 0.2) is 5.84 Å². The van der Waals surface area contributed by atoms with Gasteiger partial charge in [0.1, 0.15) is 12.0 Å². The van der Waals surface area contributed by atoms with E-state index in [9.17, 15) is 0 Å². The molecule has 0 bridgehead atoms. The predicted octanol–water partition coefficient (Wildman–Crippen LogP) is 9.72. The number of hydrogen-bond acceptors (Lipinski definition) is 4. The molecular formula is C42H38N4. The zero-order valence-corrected chi connectivity index (χ0v) is 26.7. The van der Waals surface area contributed by atoms with Crippen LogP contribution in [-0.2, 0) is 5.41 Å². The molecule has 4 heteroatoms. The molecule has 0 amide bonds. The van der Waals surface area contributed by atoms with Crippen LogP contribution in [0.3, 0.4) is 0 Å². The highest BCUT2D eigenvalue weighted by atomic mass is 15.2. The fourth-order valence-corrected chi connectivity index (χ4v) is 7.41. The molecule has 2 aliphatic carbocycles. The average molecular weight is 599 g/mol. The molecule has 2 unspecified atom stereocenters. The minimum atomic E-state index is -0.243. The van der Waals surface area contributed by atoms with Gasteiger partial charge in [-0.15, -0.1) is 0 Å². The van der Waals surface area contributed by atoms with Crippen molar-refractivity contribution in [1.82, 2.24) is 5.32 Å². The Morgan fingerprint density at radius 1 is 0.739 bits per heavy atom. The fraction of sp³-hybridized carbons (Fsp3) is 0.214. The van der Waals surface area contributed by atoms with Gasteiger partial charge in [0, 0.05) is 16.8 Å². The standard InChI is InChI=1S/C42H38N4/c1-27-11-9-18-38(43-27)32-15-10-14-31(25-32)28-19-21-30(22-20-28)40-44-39(29-12-5-4-6-13-29)45-41(46-40)33-23-24-35-34-16-7-8-17-36(34)42(2,3)37(35)26-33/h4-8,10,12-25,37,40H,9,11,26H2,1-3H3,(H,44,45,46). The minimum Gasteiger partial charge on any atom is -0.344 e. The van der Waals surface area contributed by atoms with E-state index in [0.717, 1.165) is 47.8 Å². The van der Waals surface area contributed by atoms with E-state index < -0.39 is 0 Å². The van der Waals surface area contributed by atoms with E-state index in [1.807, 2.05) is 6.07 Å². The van der Waals surface area contributed by atoms with Crippen molar-refractivity contribution in [2.45, 2.75) is 51.6 Å². The van der Waals surface area contributed by atoms with Crippen LogP contribution >= 0.6 is 0 Å². The molecule has 46 heavy (non-hydrogen) atoms. The van der Waals surface area contributed by atoms with Crippen molar-refractivity contribution < 1.29 is 0 Å². The third kappa shape index (κ3) is 5.08. The molecule has 4 aromatic carbocycles. The third-order valence-electron chi connectivity index (χ3n) is 10.0. The molecule has 8 rings (SSSR count). The Kier molecular flexibility index (Phi) is 7.01. The lowest BCUT2D eigenvalue weighted by atomic mass is 9.73. The molecule has 4 aliphatic rings. The number of nitrogens with zero attached hydrogens (tertiary/aromatic N) is 3. The summed E-state index contributed by atoms with van der Waals surface area (Å²) in [6.45, 7) is 6.88. The Bertz CT molecular complexity index is 2020. The molecule has 2 heterocycles. The summed E-state index contributed by atoms with van der Waals surface area (Å²) < 4.78 is 0. The Balaban J connectivity index is 1.11. The summed E-state index contributed by atoms with van der Waals surface area (Å²) >= 11 is 0. The molecule has 0 aromatic heterocycles. The van der Waals surface area contributed by atoms with Crippen molar-refractivity contribution in [2.75, 3.05) is 0 Å². The molecule has 0 saturated heterocycles. The highest BCUT2D eigenvalue weighted by Gasteiger charge is 2.44. The zero-order valence-electron chi connectivity index (χ0n) is 26.7.